The summed E-state index contributed by atoms with van der Waals surface area (Å²) >= 11 is 0. The molecule has 0 aliphatic carbocycles. The number of imide groups is 1. The predicted molar refractivity (Wildman–Crippen MR) is 76.9 cm³/mol. The van der Waals surface area contributed by atoms with Crippen LogP contribution in [-0.2, 0) is 20.7 Å². The Labute approximate surface area is 127 Å². The summed E-state index contributed by atoms with van der Waals surface area (Å²) in [5.41, 5.74) is 0.361. The molecule has 0 radical (unpaired) electrons. The molecule has 0 aliphatic rings. The quantitative estimate of drug-likeness (QED) is 0.821. The SMILES string of the molecule is O=C(COC(=O)CCc1ccco1)NC(=O)c1ccccc1. The first-order chi connectivity index (χ1) is 10.6. The average molecular weight is 301 g/mol. The van der Waals surface area contributed by atoms with E-state index >= 15 is 0 Å². The predicted octanol–water partition coefficient (Wildman–Crippen LogP) is 1.71. The number of carbonyl (C=O) groups is 3. The van der Waals surface area contributed by atoms with Gasteiger partial charge in [-0.15, -0.1) is 0 Å². The monoisotopic (exact) mass is 301 g/mol. The highest BCUT2D eigenvalue weighted by Gasteiger charge is 2.12. The third kappa shape index (κ3) is 4.90. The van der Waals surface area contributed by atoms with E-state index in [0.29, 0.717) is 17.7 Å². The second kappa shape index (κ2) is 7.78. The molecule has 0 saturated heterocycles. The lowest BCUT2D eigenvalue weighted by Crippen LogP contribution is -2.34. The van der Waals surface area contributed by atoms with Gasteiger partial charge in [0.2, 0.25) is 0 Å². The fraction of sp³-hybridized carbons (Fsp3) is 0.188. The smallest absolute Gasteiger partial charge is 0.306 e. The maximum absolute atomic E-state index is 11.7. The number of ether oxygens (including phenoxy) is 1. The number of esters is 1. The minimum absolute atomic E-state index is 0.105. The molecular formula is C16H15NO5. The number of carbonyl (C=O) groups excluding carboxylic acids is 3. The Bertz CT molecular complexity index is 634. The van der Waals surface area contributed by atoms with Gasteiger partial charge in [-0.2, -0.15) is 0 Å². The van der Waals surface area contributed by atoms with Crippen LogP contribution in [0.5, 0.6) is 0 Å². The third-order valence-electron chi connectivity index (χ3n) is 2.81. The summed E-state index contributed by atoms with van der Waals surface area (Å²) in [6.45, 7) is -0.491. The summed E-state index contributed by atoms with van der Waals surface area (Å²) in [4.78, 5) is 34.7. The minimum atomic E-state index is -0.666. The maximum atomic E-state index is 11.7. The van der Waals surface area contributed by atoms with Crippen LogP contribution in [0, 0.1) is 0 Å². The van der Waals surface area contributed by atoms with Crippen molar-refractivity contribution in [3.05, 3.63) is 60.1 Å². The van der Waals surface area contributed by atoms with Crippen molar-refractivity contribution < 1.29 is 23.5 Å². The summed E-state index contributed by atoms with van der Waals surface area (Å²) in [5.74, 6) is -1.06. The normalized spacial score (nSPS) is 10.0. The third-order valence-corrected chi connectivity index (χ3v) is 2.81. The molecule has 0 bridgehead atoms. The summed E-state index contributed by atoms with van der Waals surface area (Å²) in [6, 6.07) is 11.8. The Morgan fingerprint density at radius 1 is 1.05 bits per heavy atom. The van der Waals surface area contributed by atoms with Gasteiger partial charge >= 0.3 is 5.97 Å². The van der Waals surface area contributed by atoms with Gasteiger partial charge in [0.25, 0.3) is 11.8 Å². The summed E-state index contributed by atoms with van der Waals surface area (Å²) < 4.78 is 9.87. The van der Waals surface area contributed by atoms with Gasteiger partial charge in [0.15, 0.2) is 6.61 Å². The summed E-state index contributed by atoms with van der Waals surface area (Å²) in [5, 5.41) is 2.15. The molecule has 1 aromatic carbocycles. The number of nitrogens with one attached hydrogen (secondary N) is 1. The Morgan fingerprint density at radius 3 is 2.50 bits per heavy atom. The van der Waals surface area contributed by atoms with E-state index in [9.17, 15) is 14.4 Å². The molecule has 0 unspecified atom stereocenters. The topological polar surface area (TPSA) is 85.6 Å². The van der Waals surface area contributed by atoms with Crippen molar-refractivity contribution in [2.75, 3.05) is 6.61 Å². The van der Waals surface area contributed by atoms with Gasteiger partial charge < -0.3 is 9.15 Å². The molecule has 0 aliphatic heterocycles. The maximum Gasteiger partial charge on any atom is 0.306 e. The van der Waals surface area contributed by atoms with E-state index in [-0.39, 0.29) is 6.42 Å². The van der Waals surface area contributed by atoms with Gasteiger partial charge in [0, 0.05) is 12.0 Å². The van der Waals surface area contributed by atoms with Gasteiger partial charge in [0.05, 0.1) is 12.7 Å². The van der Waals surface area contributed by atoms with Crippen molar-refractivity contribution in [2.45, 2.75) is 12.8 Å². The van der Waals surface area contributed by atoms with Crippen LogP contribution >= 0.6 is 0 Å². The van der Waals surface area contributed by atoms with Crippen molar-refractivity contribution in [3.63, 3.8) is 0 Å². The fourth-order valence-electron chi connectivity index (χ4n) is 1.72. The standard InChI is InChI=1S/C16H15NO5/c18-14(17-16(20)12-5-2-1-3-6-12)11-22-15(19)9-8-13-7-4-10-21-13/h1-7,10H,8-9,11H2,(H,17,18,20). The highest BCUT2D eigenvalue weighted by atomic mass is 16.5. The molecule has 1 N–H and O–H groups in total. The Kier molecular flexibility index (Phi) is 5.48. The van der Waals surface area contributed by atoms with E-state index in [0.717, 1.165) is 0 Å². The van der Waals surface area contributed by atoms with Crippen molar-refractivity contribution >= 4 is 17.8 Å². The zero-order valence-corrected chi connectivity index (χ0v) is 11.8. The van der Waals surface area contributed by atoms with E-state index in [1.54, 1.807) is 42.5 Å². The first kappa shape index (κ1) is 15.5. The van der Waals surface area contributed by atoms with Crippen LogP contribution in [0.25, 0.3) is 0 Å². The molecule has 0 saturated carbocycles. The molecule has 0 fully saturated rings. The first-order valence-electron chi connectivity index (χ1n) is 6.72. The molecule has 0 spiro atoms. The lowest BCUT2D eigenvalue weighted by atomic mass is 10.2. The van der Waals surface area contributed by atoms with Gasteiger partial charge in [0.1, 0.15) is 5.76 Å². The van der Waals surface area contributed by atoms with Gasteiger partial charge in [-0.1, -0.05) is 18.2 Å². The first-order valence-corrected chi connectivity index (χ1v) is 6.72. The number of furan rings is 1. The van der Waals surface area contributed by atoms with Crippen LogP contribution in [0.2, 0.25) is 0 Å². The molecule has 6 heteroatoms. The molecular weight excluding hydrogens is 286 g/mol. The number of aryl methyl sites for hydroxylation is 1. The second-order valence-electron chi connectivity index (χ2n) is 4.48. The van der Waals surface area contributed by atoms with Crippen LogP contribution < -0.4 is 5.32 Å². The summed E-state index contributed by atoms with van der Waals surface area (Å²) in [6.07, 6.45) is 2.02. The van der Waals surface area contributed by atoms with E-state index in [4.69, 9.17) is 9.15 Å². The van der Waals surface area contributed by atoms with Gasteiger partial charge in [-0.05, 0) is 24.3 Å². The molecule has 2 amide bonds. The Balaban J connectivity index is 1.69. The molecule has 1 aromatic heterocycles. The van der Waals surface area contributed by atoms with E-state index in [1.165, 1.54) is 6.26 Å². The Morgan fingerprint density at radius 2 is 1.82 bits per heavy atom. The second-order valence-corrected chi connectivity index (χ2v) is 4.48. The van der Waals surface area contributed by atoms with Crippen molar-refractivity contribution in [1.82, 2.24) is 5.32 Å². The molecule has 2 aromatic rings. The van der Waals surface area contributed by atoms with Crippen LogP contribution in [0.3, 0.4) is 0 Å². The zero-order chi connectivity index (χ0) is 15.8. The lowest BCUT2D eigenvalue weighted by molar-refractivity contribution is -0.148. The minimum Gasteiger partial charge on any atom is -0.469 e. The highest BCUT2D eigenvalue weighted by Crippen LogP contribution is 2.04. The van der Waals surface area contributed by atoms with E-state index in [1.807, 2.05) is 0 Å². The van der Waals surface area contributed by atoms with Crippen LogP contribution in [-0.4, -0.2) is 24.4 Å². The van der Waals surface area contributed by atoms with Crippen molar-refractivity contribution in [2.24, 2.45) is 0 Å². The van der Waals surface area contributed by atoms with E-state index < -0.39 is 24.4 Å². The molecule has 0 atom stereocenters. The van der Waals surface area contributed by atoms with Crippen LogP contribution in [0.4, 0.5) is 0 Å². The molecule has 22 heavy (non-hydrogen) atoms. The van der Waals surface area contributed by atoms with Gasteiger partial charge in [-0.25, -0.2) is 0 Å². The lowest BCUT2D eigenvalue weighted by Gasteiger charge is -2.05. The van der Waals surface area contributed by atoms with Crippen LogP contribution in [0.15, 0.2) is 53.1 Å². The zero-order valence-electron chi connectivity index (χ0n) is 11.8. The number of rotatable bonds is 6. The number of hydrogen-bond acceptors (Lipinski definition) is 5. The van der Waals surface area contributed by atoms with Crippen molar-refractivity contribution in [3.8, 4) is 0 Å². The Hall–Kier alpha value is -2.89. The van der Waals surface area contributed by atoms with Gasteiger partial charge in [-0.3, -0.25) is 19.7 Å². The average Bonchev–Trinajstić information content (AvgIpc) is 3.05. The highest BCUT2D eigenvalue weighted by molar-refractivity contribution is 6.05. The number of amides is 2. The van der Waals surface area contributed by atoms with E-state index in [2.05, 4.69) is 5.32 Å². The van der Waals surface area contributed by atoms with Crippen molar-refractivity contribution in [1.29, 1.82) is 0 Å². The fourth-order valence-corrected chi connectivity index (χ4v) is 1.72. The molecule has 1 heterocycles. The number of hydrogen-bond donors (Lipinski definition) is 1. The molecule has 2 rings (SSSR count). The van der Waals surface area contributed by atoms with Crippen LogP contribution in [0.1, 0.15) is 22.5 Å². The molecule has 6 nitrogen and oxygen atoms in total. The number of benzene rings is 1. The molecule has 114 valence electrons. The largest absolute Gasteiger partial charge is 0.469 e. The summed E-state index contributed by atoms with van der Waals surface area (Å²) in [7, 11) is 0.